The number of rotatable bonds is 3. The third kappa shape index (κ3) is 3.45. The lowest BCUT2D eigenvalue weighted by molar-refractivity contribution is -0.133. The highest BCUT2D eigenvalue weighted by Gasteiger charge is 2.31. The van der Waals surface area contributed by atoms with E-state index in [0.29, 0.717) is 6.42 Å². The molecule has 1 amide bonds. The fraction of sp³-hybridized carbons (Fsp3) is 0.500. The predicted molar refractivity (Wildman–Crippen MR) is 75.6 cm³/mol. The molecule has 1 saturated heterocycles. The summed E-state index contributed by atoms with van der Waals surface area (Å²) in [6, 6.07) is 6.01. The van der Waals surface area contributed by atoms with Gasteiger partial charge in [0.2, 0.25) is 5.91 Å². The Hall–Kier alpha value is -1.13. The Morgan fingerprint density at radius 2 is 2.11 bits per heavy atom. The maximum absolute atomic E-state index is 12.9. The highest BCUT2D eigenvalue weighted by atomic mass is 35.5. The highest BCUT2D eigenvalue weighted by molar-refractivity contribution is 5.85. The Balaban J connectivity index is 0.00000180. The van der Waals surface area contributed by atoms with Crippen molar-refractivity contribution in [2.75, 3.05) is 6.54 Å². The molecule has 106 valence electrons. The van der Waals surface area contributed by atoms with E-state index in [-0.39, 0.29) is 30.2 Å². The molecule has 2 rings (SSSR count). The zero-order valence-electron chi connectivity index (χ0n) is 11.0. The van der Waals surface area contributed by atoms with Gasteiger partial charge in [-0.1, -0.05) is 19.1 Å². The summed E-state index contributed by atoms with van der Waals surface area (Å²) in [6.07, 6.45) is 2.55. The van der Waals surface area contributed by atoms with Crippen LogP contribution in [-0.2, 0) is 4.79 Å². The molecule has 0 saturated carbocycles. The average Bonchev–Trinajstić information content (AvgIpc) is 2.87. The number of carbonyl (C=O) groups excluding carboxylic acids is 1. The second kappa shape index (κ2) is 6.87. The van der Waals surface area contributed by atoms with E-state index in [1.807, 2.05) is 11.8 Å². The molecule has 0 bridgehead atoms. The number of amides is 1. The lowest BCUT2D eigenvalue weighted by Crippen LogP contribution is -2.43. The van der Waals surface area contributed by atoms with Crippen LogP contribution in [0.1, 0.15) is 37.8 Å². The molecule has 3 nitrogen and oxygen atoms in total. The standard InChI is InChI=1S/C14H19FN2O.ClH/c1-2-12(16)14(18)17-9-3-4-13(17)10-5-7-11(15)8-6-10;/h5-8,12-13H,2-4,9,16H2,1H3;1H/t12-,13?;/m0./s1. The molecule has 0 aromatic heterocycles. The predicted octanol–water partition coefficient (Wildman–Crippen LogP) is 2.65. The van der Waals surface area contributed by atoms with Gasteiger partial charge in [0, 0.05) is 6.54 Å². The number of benzene rings is 1. The van der Waals surface area contributed by atoms with E-state index in [2.05, 4.69) is 0 Å². The van der Waals surface area contributed by atoms with Crippen LogP contribution in [0.25, 0.3) is 0 Å². The fourth-order valence-corrected chi connectivity index (χ4v) is 2.45. The normalized spacial score (nSPS) is 19.9. The van der Waals surface area contributed by atoms with Gasteiger partial charge in [0.25, 0.3) is 0 Å². The topological polar surface area (TPSA) is 46.3 Å². The van der Waals surface area contributed by atoms with Crippen molar-refractivity contribution < 1.29 is 9.18 Å². The Bertz CT molecular complexity index is 424. The maximum atomic E-state index is 12.9. The van der Waals surface area contributed by atoms with Crippen LogP contribution in [0.4, 0.5) is 4.39 Å². The van der Waals surface area contributed by atoms with Crippen molar-refractivity contribution in [3.63, 3.8) is 0 Å². The summed E-state index contributed by atoms with van der Waals surface area (Å²) in [5.41, 5.74) is 6.80. The summed E-state index contributed by atoms with van der Waals surface area (Å²) < 4.78 is 12.9. The minimum atomic E-state index is -0.425. The molecule has 1 aliphatic heterocycles. The molecule has 0 radical (unpaired) electrons. The number of carbonyl (C=O) groups is 1. The van der Waals surface area contributed by atoms with Crippen LogP contribution in [0.2, 0.25) is 0 Å². The van der Waals surface area contributed by atoms with Gasteiger partial charge in [0.1, 0.15) is 5.82 Å². The third-order valence-corrected chi connectivity index (χ3v) is 3.55. The SMILES string of the molecule is CC[C@H](N)C(=O)N1CCCC1c1ccc(F)cc1.Cl. The minimum absolute atomic E-state index is 0. The van der Waals surface area contributed by atoms with Crippen LogP contribution >= 0.6 is 12.4 Å². The number of hydrogen-bond acceptors (Lipinski definition) is 2. The van der Waals surface area contributed by atoms with Gasteiger partial charge in [-0.15, -0.1) is 12.4 Å². The van der Waals surface area contributed by atoms with Crippen LogP contribution in [0.5, 0.6) is 0 Å². The summed E-state index contributed by atoms with van der Waals surface area (Å²) >= 11 is 0. The number of nitrogens with zero attached hydrogens (tertiary/aromatic N) is 1. The second-order valence-corrected chi connectivity index (χ2v) is 4.76. The molecule has 1 aliphatic rings. The number of hydrogen-bond donors (Lipinski definition) is 1. The van der Waals surface area contributed by atoms with Crippen LogP contribution in [-0.4, -0.2) is 23.4 Å². The Morgan fingerprint density at radius 3 is 2.68 bits per heavy atom. The van der Waals surface area contributed by atoms with Gasteiger partial charge in [0.15, 0.2) is 0 Å². The fourth-order valence-electron chi connectivity index (χ4n) is 2.45. The molecular formula is C14H20ClFN2O. The quantitative estimate of drug-likeness (QED) is 0.928. The van der Waals surface area contributed by atoms with Gasteiger partial charge in [-0.2, -0.15) is 0 Å². The van der Waals surface area contributed by atoms with E-state index >= 15 is 0 Å². The molecule has 2 atom stereocenters. The lowest BCUT2D eigenvalue weighted by atomic mass is 10.0. The van der Waals surface area contributed by atoms with Crippen molar-refractivity contribution >= 4 is 18.3 Å². The number of halogens is 2. The van der Waals surface area contributed by atoms with Crippen LogP contribution in [0.3, 0.4) is 0 Å². The molecule has 1 aromatic carbocycles. The molecule has 5 heteroatoms. The van der Waals surface area contributed by atoms with Gasteiger partial charge in [-0.3, -0.25) is 4.79 Å². The first-order valence-electron chi connectivity index (χ1n) is 6.45. The first kappa shape index (κ1) is 15.9. The molecule has 2 N–H and O–H groups in total. The molecule has 1 fully saturated rings. The third-order valence-electron chi connectivity index (χ3n) is 3.55. The van der Waals surface area contributed by atoms with E-state index in [1.54, 1.807) is 12.1 Å². The van der Waals surface area contributed by atoms with Gasteiger partial charge < -0.3 is 10.6 Å². The Kier molecular flexibility index (Phi) is 5.76. The van der Waals surface area contributed by atoms with Gasteiger partial charge in [-0.25, -0.2) is 4.39 Å². The van der Waals surface area contributed by atoms with Crippen molar-refractivity contribution in [2.45, 2.75) is 38.3 Å². The first-order chi connectivity index (χ1) is 8.63. The summed E-state index contributed by atoms with van der Waals surface area (Å²) in [5, 5.41) is 0. The van der Waals surface area contributed by atoms with Gasteiger partial charge >= 0.3 is 0 Å². The van der Waals surface area contributed by atoms with Gasteiger partial charge in [0.05, 0.1) is 12.1 Å². The monoisotopic (exact) mass is 286 g/mol. The molecule has 0 spiro atoms. The lowest BCUT2D eigenvalue weighted by Gasteiger charge is -2.27. The Morgan fingerprint density at radius 1 is 1.47 bits per heavy atom. The zero-order chi connectivity index (χ0) is 13.1. The summed E-state index contributed by atoms with van der Waals surface area (Å²) in [5.74, 6) is -0.246. The van der Waals surface area contributed by atoms with E-state index in [4.69, 9.17) is 5.73 Å². The minimum Gasteiger partial charge on any atom is -0.334 e. The molecule has 1 aromatic rings. The van der Waals surface area contributed by atoms with E-state index in [0.717, 1.165) is 24.9 Å². The second-order valence-electron chi connectivity index (χ2n) is 4.76. The zero-order valence-corrected chi connectivity index (χ0v) is 11.8. The average molecular weight is 287 g/mol. The van der Waals surface area contributed by atoms with E-state index < -0.39 is 6.04 Å². The van der Waals surface area contributed by atoms with Crippen molar-refractivity contribution in [1.29, 1.82) is 0 Å². The summed E-state index contributed by atoms with van der Waals surface area (Å²) in [4.78, 5) is 14.0. The molecule has 1 heterocycles. The van der Waals surface area contributed by atoms with Crippen LogP contribution in [0.15, 0.2) is 24.3 Å². The number of nitrogens with two attached hydrogens (primary N) is 1. The first-order valence-corrected chi connectivity index (χ1v) is 6.45. The molecule has 1 unspecified atom stereocenters. The van der Waals surface area contributed by atoms with E-state index in [1.165, 1.54) is 12.1 Å². The molecule has 0 aliphatic carbocycles. The maximum Gasteiger partial charge on any atom is 0.239 e. The summed E-state index contributed by atoms with van der Waals surface area (Å²) in [7, 11) is 0. The van der Waals surface area contributed by atoms with Crippen LogP contribution in [0, 0.1) is 5.82 Å². The van der Waals surface area contributed by atoms with Crippen molar-refractivity contribution in [3.8, 4) is 0 Å². The van der Waals surface area contributed by atoms with E-state index in [9.17, 15) is 9.18 Å². The van der Waals surface area contributed by atoms with Crippen LogP contribution < -0.4 is 5.73 Å². The van der Waals surface area contributed by atoms with Crippen molar-refractivity contribution in [3.05, 3.63) is 35.6 Å². The highest BCUT2D eigenvalue weighted by Crippen LogP contribution is 2.32. The molecule has 19 heavy (non-hydrogen) atoms. The summed E-state index contributed by atoms with van der Waals surface area (Å²) in [6.45, 7) is 2.65. The number of likely N-dealkylation sites (tertiary alicyclic amines) is 1. The Labute approximate surface area is 119 Å². The van der Waals surface area contributed by atoms with Crippen molar-refractivity contribution in [2.24, 2.45) is 5.73 Å². The smallest absolute Gasteiger partial charge is 0.239 e. The van der Waals surface area contributed by atoms with Gasteiger partial charge in [-0.05, 0) is 37.0 Å². The molecular weight excluding hydrogens is 267 g/mol. The van der Waals surface area contributed by atoms with Crippen molar-refractivity contribution in [1.82, 2.24) is 4.90 Å². The largest absolute Gasteiger partial charge is 0.334 e.